The summed E-state index contributed by atoms with van der Waals surface area (Å²) in [5, 5.41) is 13.6. The zero-order valence-electron chi connectivity index (χ0n) is 14.4. The number of aliphatic hydroxyl groups is 1. The van der Waals surface area contributed by atoms with Crippen LogP contribution in [0.25, 0.3) is 0 Å². The van der Waals surface area contributed by atoms with Gasteiger partial charge in [-0.1, -0.05) is 35.3 Å². The first-order valence-electron chi connectivity index (χ1n) is 8.21. The van der Waals surface area contributed by atoms with Crippen LogP contribution in [0.15, 0.2) is 36.4 Å². The van der Waals surface area contributed by atoms with E-state index >= 15 is 0 Å². The first-order valence-corrected chi connectivity index (χ1v) is 8.97. The van der Waals surface area contributed by atoms with Crippen molar-refractivity contribution in [3.05, 3.63) is 57.6 Å². The van der Waals surface area contributed by atoms with Crippen LogP contribution in [-0.2, 0) is 13.2 Å². The molecule has 0 saturated heterocycles. The van der Waals surface area contributed by atoms with Gasteiger partial charge < -0.3 is 19.9 Å². The van der Waals surface area contributed by atoms with Gasteiger partial charge in [-0.3, -0.25) is 0 Å². The normalized spacial score (nSPS) is 12.0. The number of halogens is 2. The molecule has 0 fully saturated rings. The molecule has 0 aliphatic carbocycles. The van der Waals surface area contributed by atoms with Crippen LogP contribution in [0.4, 0.5) is 0 Å². The lowest BCUT2D eigenvalue weighted by Crippen LogP contribution is -2.23. The van der Waals surface area contributed by atoms with Crippen LogP contribution in [0.3, 0.4) is 0 Å². The molecule has 2 aromatic carbocycles. The molecule has 0 saturated carbocycles. The summed E-state index contributed by atoms with van der Waals surface area (Å²) >= 11 is 12.4. The van der Waals surface area contributed by atoms with E-state index in [9.17, 15) is 5.11 Å². The molecule has 4 nitrogen and oxygen atoms in total. The average molecular weight is 384 g/mol. The molecule has 136 valence electrons. The maximum absolute atomic E-state index is 9.31. The van der Waals surface area contributed by atoms with Crippen LogP contribution in [0.1, 0.15) is 25.0 Å². The number of hydrogen-bond donors (Lipinski definition) is 2. The van der Waals surface area contributed by atoms with Gasteiger partial charge in [0.1, 0.15) is 6.61 Å². The van der Waals surface area contributed by atoms with Crippen LogP contribution in [0, 0.1) is 0 Å². The Hall–Kier alpha value is -1.46. The van der Waals surface area contributed by atoms with Crippen molar-refractivity contribution in [3.63, 3.8) is 0 Å². The molecule has 25 heavy (non-hydrogen) atoms. The van der Waals surface area contributed by atoms with Gasteiger partial charge in [-0.25, -0.2) is 0 Å². The van der Waals surface area contributed by atoms with E-state index < -0.39 is 0 Å². The van der Waals surface area contributed by atoms with E-state index in [2.05, 4.69) is 5.32 Å². The number of hydrogen-bond acceptors (Lipinski definition) is 4. The molecule has 0 unspecified atom stereocenters. The first-order chi connectivity index (χ1) is 12.0. The molecular weight excluding hydrogens is 361 g/mol. The van der Waals surface area contributed by atoms with Crippen molar-refractivity contribution < 1.29 is 14.6 Å². The van der Waals surface area contributed by atoms with Crippen molar-refractivity contribution in [2.45, 2.75) is 33.1 Å². The molecule has 0 aromatic heterocycles. The summed E-state index contributed by atoms with van der Waals surface area (Å²) in [5.41, 5.74) is 1.79. The van der Waals surface area contributed by atoms with Crippen molar-refractivity contribution >= 4 is 23.2 Å². The quantitative estimate of drug-likeness (QED) is 0.671. The Bertz CT molecular complexity index is 672. The van der Waals surface area contributed by atoms with Crippen LogP contribution in [0.2, 0.25) is 10.0 Å². The molecule has 2 aromatic rings. The number of ether oxygens (including phenoxy) is 2. The van der Waals surface area contributed by atoms with Crippen molar-refractivity contribution in [2.75, 3.05) is 13.2 Å². The summed E-state index contributed by atoms with van der Waals surface area (Å²) in [5.74, 6) is 1.30. The maximum atomic E-state index is 9.31. The summed E-state index contributed by atoms with van der Waals surface area (Å²) in [6.45, 7) is 5.64. The first kappa shape index (κ1) is 19.9. The van der Waals surface area contributed by atoms with Crippen molar-refractivity contribution in [1.29, 1.82) is 0 Å². The maximum Gasteiger partial charge on any atom is 0.161 e. The molecule has 0 bridgehead atoms. The Labute approximate surface area is 158 Å². The second-order valence-corrected chi connectivity index (χ2v) is 6.50. The molecule has 6 heteroatoms. The van der Waals surface area contributed by atoms with Gasteiger partial charge in [0.05, 0.1) is 12.7 Å². The monoisotopic (exact) mass is 383 g/mol. The summed E-state index contributed by atoms with van der Waals surface area (Å²) < 4.78 is 11.6. The molecule has 2 N–H and O–H groups in total. The third-order valence-corrected chi connectivity index (χ3v) is 4.22. The summed E-state index contributed by atoms with van der Waals surface area (Å²) in [4.78, 5) is 0. The highest BCUT2D eigenvalue weighted by molar-refractivity contribution is 6.35. The fraction of sp³-hybridized carbons (Fsp3) is 0.368. The highest BCUT2D eigenvalue weighted by Gasteiger charge is 2.10. The third kappa shape index (κ3) is 6.08. The largest absolute Gasteiger partial charge is 0.490 e. The molecule has 0 amide bonds. The van der Waals surface area contributed by atoms with E-state index in [1.807, 2.05) is 25.1 Å². The molecule has 0 heterocycles. The SMILES string of the molecule is CCOc1cc(CNC[C@H](C)O)ccc1OCc1c(Cl)cccc1Cl. The zero-order valence-corrected chi connectivity index (χ0v) is 15.9. The lowest BCUT2D eigenvalue weighted by molar-refractivity contribution is 0.191. The van der Waals surface area contributed by atoms with Crippen LogP contribution in [0.5, 0.6) is 11.5 Å². The van der Waals surface area contributed by atoms with E-state index in [1.54, 1.807) is 25.1 Å². The Morgan fingerprint density at radius 2 is 1.80 bits per heavy atom. The van der Waals surface area contributed by atoms with Crippen LogP contribution in [-0.4, -0.2) is 24.4 Å². The predicted molar refractivity (Wildman–Crippen MR) is 102 cm³/mol. The molecule has 0 spiro atoms. The van der Waals surface area contributed by atoms with Gasteiger partial charge in [-0.05, 0) is 43.7 Å². The zero-order chi connectivity index (χ0) is 18.2. The van der Waals surface area contributed by atoms with Crippen molar-refractivity contribution in [3.8, 4) is 11.5 Å². The lowest BCUT2D eigenvalue weighted by Gasteiger charge is -2.15. The van der Waals surface area contributed by atoms with Crippen molar-refractivity contribution in [2.24, 2.45) is 0 Å². The van der Waals surface area contributed by atoms with Gasteiger partial charge in [0.15, 0.2) is 11.5 Å². The van der Waals surface area contributed by atoms with E-state index in [4.69, 9.17) is 32.7 Å². The standard InChI is InChI=1S/C19H23Cl2NO3/c1-3-24-19-9-14(11-22-10-13(2)23)7-8-18(19)25-12-15-16(20)5-4-6-17(15)21/h4-9,13,22-23H,3,10-12H2,1-2H3/t13-/m0/s1. The molecule has 1 atom stereocenters. The second kappa shape index (κ2) is 9.88. The van der Waals surface area contributed by atoms with Gasteiger partial charge in [0.2, 0.25) is 0 Å². The summed E-state index contributed by atoms with van der Waals surface area (Å²) in [7, 11) is 0. The van der Waals surface area contributed by atoms with Crippen molar-refractivity contribution in [1.82, 2.24) is 5.32 Å². The Morgan fingerprint density at radius 3 is 2.44 bits per heavy atom. The molecule has 0 aliphatic rings. The molecule has 0 radical (unpaired) electrons. The van der Waals surface area contributed by atoms with E-state index in [1.165, 1.54) is 0 Å². The number of aliphatic hydroxyl groups excluding tert-OH is 1. The van der Waals surface area contributed by atoms with Crippen LogP contribution < -0.4 is 14.8 Å². The smallest absolute Gasteiger partial charge is 0.161 e. The lowest BCUT2D eigenvalue weighted by atomic mass is 10.2. The number of benzene rings is 2. The minimum atomic E-state index is -0.380. The van der Waals surface area contributed by atoms with E-state index in [0.717, 1.165) is 11.1 Å². The van der Waals surface area contributed by atoms with Gasteiger partial charge in [-0.2, -0.15) is 0 Å². The van der Waals surface area contributed by atoms with E-state index in [-0.39, 0.29) is 12.7 Å². The summed E-state index contributed by atoms with van der Waals surface area (Å²) in [6.07, 6.45) is -0.380. The number of nitrogens with one attached hydrogen (secondary N) is 1. The van der Waals surface area contributed by atoms with Gasteiger partial charge in [0, 0.05) is 28.7 Å². The Kier molecular flexibility index (Phi) is 7.85. The Balaban J connectivity index is 2.08. The molecule has 2 rings (SSSR count). The molecule has 0 aliphatic heterocycles. The number of rotatable bonds is 9. The van der Waals surface area contributed by atoms with Crippen LogP contribution >= 0.6 is 23.2 Å². The minimum Gasteiger partial charge on any atom is -0.490 e. The topological polar surface area (TPSA) is 50.7 Å². The predicted octanol–water partition coefficient (Wildman–Crippen LogP) is 4.44. The third-order valence-electron chi connectivity index (χ3n) is 3.51. The average Bonchev–Trinajstić information content (AvgIpc) is 2.56. The minimum absolute atomic E-state index is 0.262. The molecular formula is C19H23Cl2NO3. The highest BCUT2D eigenvalue weighted by Crippen LogP contribution is 2.31. The Morgan fingerprint density at radius 1 is 1.08 bits per heavy atom. The van der Waals surface area contributed by atoms with E-state index in [0.29, 0.717) is 41.2 Å². The van der Waals surface area contributed by atoms with Gasteiger partial charge in [0.25, 0.3) is 0 Å². The second-order valence-electron chi connectivity index (χ2n) is 5.68. The fourth-order valence-corrected chi connectivity index (χ4v) is 2.80. The highest BCUT2D eigenvalue weighted by atomic mass is 35.5. The summed E-state index contributed by atoms with van der Waals surface area (Å²) in [6, 6.07) is 11.1. The van der Waals surface area contributed by atoms with Gasteiger partial charge in [-0.15, -0.1) is 0 Å². The van der Waals surface area contributed by atoms with Gasteiger partial charge >= 0.3 is 0 Å². The fourth-order valence-electron chi connectivity index (χ4n) is 2.30.